The summed E-state index contributed by atoms with van der Waals surface area (Å²) in [4.78, 5) is 33.7. The predicted octanol–water partition coefficient (Wildman–Crippen LogP) is 1.57. The number of urea groups is 1. The first kappa shape index (κ1) is 16.6. The van der Waals surface area contributed by atoms with E-state index in [1.165, 1.54) is 7.11 Å². The molecule has 0 bridgehead atoms. The fourth-order valence-electron chi connectivity index (χ4n) is 2.28. The Morgan fingerprint density at radius 1 is 1.35 bits per heavy atom. The minimum atomic E-state index is -0.903. The van der Waals surface area contributed by atoms with Crippen molar-refractivity contribution in [2.75, 3.05) is 24.3 Å². The van der Waals surface area contributed by atoms with Crippen LogP contribution in [0.1, 0.15) is 24.8 Å². The van der Waals surface area contributed by atoms with Crippen molar-refractivity contribution in [2.24, 2.45) is 0 Å². The van der Waals surface area contributed by atoms with Crippen LogP contribution in [0.5, 0.6) is 5.75 Å². The van der Waals surface area contributed by atoms with E-state index in [-0.39, 0.29) is 18.9 Å². The molecule has 0 spiro atoms. The molecule has 0 saturated carbocycles. The molecule has 1 aromatic rings. The summed E-state index contributed by atoms with van der Waals surface area (Å²) in [5.74, 6) is -0.466. The first-order valence-corrected chi connectivity index (χ1v) is 7.27. The van der Waals surface area contributed by atoms with Crippen molar-refractivity contribution in [3.05, 3.63) is 17.7 Å². The number of carbonyl (C=O) groups is 3. The standard InChI is InChI=1S/C15H19N3O5/c1-23-12-7-9-4-5-13(19)17-10(9)8-11(12)18-15(22)16-6-2-3-14(20)21/h7-8H,2-6H2,1H3,(H,17,19)(H,20,21)(H2,16,18,22). The Bertz CT molecular complexity index is 630. The first-order chi connectivity index (χ1) is 11.0. The summed E-state index contributed by atoms with van der Waals surface area (Å²) >= 11 is 0. The van der Waals surface area contributed by atoms with Gasteiger partial charge in [-0.3, -0.25) is 9.59 Å². The van der Waals surface area contributed by atoms with E-state index in [1.807, 2.05) is 0 Å². The number of carbonyl (C=O) groups excluding carboxylic acids is 2. The van der Waals surface area contributed by atoms with Gasteiger partial charge in [-0.05, 0) is 30.5 Å². The van der Waals surface area contributed by atoms with E-state index in [4.69, 9.17) is 9.84 Å². The molecule has 8 nitrogen and oxygen atoms in total. The van der Waals surface area contributed by atoms with Crippen molar-refractivity contribution >= 4 is 29.3 Å². The zero-order valence-corrected chi connectivity index (χ0v) is 12.8. The van der Waals surface area contributed by atoms with Crippen molar-refractivity contribution in [3.63, 3.8) is 0 Å². The van der Waals surface area contributed by atoms with Crippen LogP contribution >= 0.6 is 0 Å². The molecule has 1 aliphatic heterocycles. The molecule has 1 aromatic carbocycles. The number of benzene rings is 1. The summed E-state index contributed by atoms with van der Waals surface area (Å²) in [7, 11) is 1.50. The fourth-order valence-corrected chi connectivity index (χ4v) is 2.28. The van der Waals surface area contributed by atoms with Crippen LogP contribution in [0.2, 0.25) is 0 Å². The van der Waals surface area contributed by atoms with Gasteiger partial charge in [-0.2, -0.15) is 0 Å². The predicted molar refractivity (Wildman–Crippen MR) is 83.8 cm³/mol. The van der Waals surface area contributed by atoms with Gasteiger partial charge in [0.2, 0.25) is 5.91 Å². The Morgan fingerprint density at radius 2 is 2.13 bits per heavy atom. The number of rotatable bonds is 6. The summed E-state index contributed by atoms with van der Waals surface area (Å²) in [6.45, 7) is 0.252. The second kappa shape index (κ2) is 7.48. The maximum absolute atomic E-state index is 11.8. The maximum atomic E-state index is 11.8. The highest BCUT2D eigenvalue weighted by Gasteiger charge is 2.18. The Morgan fingerprint density at radius 3 is 2.83 bits per heavy atom. The molecule has 1 aliphatic rings. The average Bonchev–Trinajstić information content (AvgIpc) is 2.50. The van der Waals surface area contributed by atoms with Gasteiger partial charge in [0, 0.05) is 25.1 Å². The molecule has 0 aliphatic carbocycles. The number of anilines is 2. The van der Waals surface area contributed by atoms with Crippen LogP contribution in [0, 0.1) is 0 Å². The van der Waals surface area contributed by atoms with Gasteiger partial charge in [0.05, 0.1) is 12.8 Å². The number of hydrogen-bond donors (Lipinski definition) is 4. The maximum Gasteiger partial charge on any atom is 0.319 e. The SMILES string of the molecule is COc1cc2c(cc1NC(=O)NCCCC(=O)O)NC(=O)CC2. The molecule has 1 heterocycles. The van der Waals surface area contributed by atoms with Crippen LogP contribution < -0.4 is 20.7 Å². The van der Waals surface area contributed by atoms with Gasteiger partial charge in [-0.25, -0.2) is 4.79 Å². The Balaban J connectivity index is 2.01. The molecule has 0 fully saturated rings. The van der Waals surface area contributed by atoms with Crippen LogP contribution in [-0.4, -0.2) is 36.7 Å². The van der Waals surface area contributed by atoms with E-state index in [9.17, 15) is 14.4 Å². The summed E-state index contributed by atoms with van der Waals surface area (Å²) in [6.07, 6.45) is 1.39. The first-order valence-electron chi connectivity index (χ1n) is 7.27. The minimum absolute atomic E-state index is 0.00548. The summed E-state index contributed by atoms with van der Waals surface area (Å²) in [6, 6.07) is 2.98. The van der Waals surface area contributed by atoms with Crippen LogP contribution in [-0.2, 0) is 16.0 Å². The number of ether oxygens (including phenoxy) is 1. The number of amides is 3. The number of carboxylic acids is 1. The topological polar surface area (TPSA) is 117 Å². The molecule has 0 aromatic heterocycles. The molecule has 0 saturated heterocycles. The minimum Gasteiger partial charge on any atom is -0.495 e. The quantitative estimate of drug-likeness (QED) is 0.593. The van der Waals surface area contributed by atoms with Crippen LogP contribution in [0.3, 0.4) is 0 Å². The monoisotopic (exact) mass is 321 g/mol. The number of aryl methyl sites for hydroxylation is 1. The highest BCUT2D eigenvalue weighted by molar-refractivity contribution is 5.97. The van der Waals surface area contributed by atoms with E-state index in [0.29, 0.717) is 36.4 Å². The Hall–Kier alpha value is -2.77. The van der Waals surface area contributed by atoms with Gasteiger partial charge in [-0.15, -0.1) is 0 Å². The molecule has 3 amide bonds. The molecule has 23 heavy (non-hydrogen) atoms. The van der Waals surface area contributed by atoms with Crippen molar-refractivity contribution in [1.82, 2.24) is 5.32 Å². The molecular weight excluding hydrogens is 302 g/mol. The third kappa shape index (κ3) is 4.60. The van der Waals surface area contributed by atoms with Crippen LogP contribution in [0.4, 0.5) is 16.2 Å². The van der Waals surface area contributed by atoms with Crippen molar-refractivity contribution in [3.8, 4) is 5.75 Å². The lowest BCUT2D eigenvalue weighted by molar-refractivity contribution is -0.137. The number of hydrogen-bond acceptors (Lipinski definition) is 4. The lowest BCUT2D eigenvalue weighted by Gasteiger charge is -2.20. The van der Waals surface area contributed by atoms with Crippen molar-refractivity contribution in [2.45, 2.75) is 25.7 Å². The zero-order valence-electron chi connectivity index (χ0n) is 12.8. The molecule has 0 unspecified atom stereocenters. The van der Waals surface area contributed by atoms with Crippen LogP contribution in [0.25, 0.3) is 0 Å². The van der Waals surface area contributed by atoms with E-state index >= 15 is 0 Å². The second-order valence-corrected chi connectivity index (χ2v) is 5.14. The number of fused-ring (bicyclic) bond motifs is 1. The highest BCUT2D eigenvalue weighted by Crippen LogP contribution is 2.34. The van der Waals surface area contributed by atoms with E-state index in [1.54, 1.807) is 12.1 Å². The fraction of sp³-hybridized carbons (Fsp3) is 0.400. The molecule has 2 rings (SSSR count). The summed E-state index contributed by atoms with van der Waals surface area (Å²) in [5.41, 5.74) is 2.04. The number of carboxylic acid groups (broad SMARTS) is 1. The summed E-state index contributed by atoms with van der Waals surface area (Å²) in [5, 5.41) is 16.5. The molecule has 0 radical (unpaired) electrons. The van der Waals surface area contributed by atoms with Gasteiger partial charge in [0.25, 0.3) is 0 Å². The molecule has 124 valence electrons. The van der Waals surface area contributed by atoms with Crippen molar-refractivity contribution < 1.29 is 24.2 Å². The van der Waals surface area contributed by atoms with E-state index in [2.05, 4.69) is 16.0 Å². The van der Waals surface area contributed by atoms with Gasteiger partial charge < -0.3 is 25.8 Å². The third-order valence-electron chi connectivity index (χ3n) is 3.42. The number of nitrogens with one attached hydrogen (secondary N) is 3. The number of methoxy groups -OCH3 is 1. The Labute approximate surface area is 133 Å². The second-order valence-electron chi connectivity index (χ2n) is 5.14. The Kier molecular flexibility index (Phi) is 5.40. The number of aliphatic carboxylic acids is 1. The van der Waals surface area contributed by atoms with Gasteiger partial charge in [-0.1, -0.05) is 0 Å². The average molecular weight is 321 g/mol. The molecular formula is C15H19N3O5. The normalized spacial score (nSPS) is 12.8. The lowest BCUT2D eigenvalue weighted by atomic mass is 10.0. The van der Waals surface area contributed by atoms with E-state index < -0.39 is 12.0 Å². The van der Waals surface area contributed by atoms with E-state index in [0.717, 1.165) is 5.56 Å². The molecule has 0 atom stereocenters. The lowest BCUT2D eigenvalue weighted by Crippen LogP contribution is -2.30. The van der Waals surface area contributed by atoms with Crippen LogP contribution in [0.15, 0.2) is 12.1 Å². The van der Waals surface area contributed by atoms with Gasteiger partial charge in [0.1, 0.15) is 5.75 Å². The van der Waals surface area contributed by atoms with Gasteiger partial charge >= 0.3 is 12.0 Å². The van der Waals surface area contributed by atoms with Crippen molar-refractivity contribution in [1.29, 1.82) is 0 Å². The summed E-state index contributed by atoms with van der Waals surface area (Å²) < 4.78 is 5.26. The molecule has 4 N–H and O–H groups in total. The zero-order chi connectivity index (χ0) is 16.8. The molecule has 8 heteroatoms. The third-order valence-corrected chi connectivity index (χ3v) is 3.42. The van der Waals surface area contributed by atoms with Gasteiger partial charge in [0.15, 0.2) is 0 Å². The highest BCUT2D eigenvalue weighted by atomic mass is 16.5. The smallest absolute Gasteiger partial charge is 0.319 e. The largest absolute Gasteiger partial charge is 0.495 e.